The molecule has 0 amide bonds. The van der Waals surface area contributed by atoms with Crippen LogP contribution in [-0.2, 0) is 0 Å². The molecular formula is C17H30N4. The van der Waals surface area contributed by atoms with Gasteiger partial charge in [-0.2, -0.15) is 0 Å². The number of aromatic nitrogens is 1. The summed E-state index contributed by atoms with van der Waals surface area (Å²) < 4.78 is 0. The van der Waals surface area contributed by atoms with Crippen molar-refractivity contribution in [2.24, 2.45) is 0 Å². The van der Waals surface area contributed by atoms with Gasteiger partial charge in [0.2, 0.25) is 0 Å². The van der Waals surface area contributed by atoms with Gasteiger partial charge in [-0.25, -0.2) is 0 Å². The summed E-state index contributed by atoms with van der Waals surface area (Å²) in [4.78, 5) is 9.55. The summed E-state index contributed by atoms with van der Waals surface area (Å²) in [6.45, 7) is 15.6. The van der Waals surface area contributed by atoms with Crippen molar-refractivity contribution in [3.8, 4) is 0 Å². The molecule has 0 bridgehead atoms. The highest BCUT2D eigenvalue weighted by atomic mass is 15.2. The van der Waals surface area contributed by atoms with Gasteiger partial charge in [0.1, 0.15) is 0 Å². The van der Waals surface area contributed by atoms with E-state index >= 15 is 0 Å². The molecule has 1 unspecified atom stereocenters. The largest absolute Gasteiger partial charge is 0.309 e. The molecule has 1 saturated heterocycles. The molecule has 1 aliphatic heterocycles. The molecule has 0 spiro atoms. The first kappa shape index (κ1) is 16.4. The van der Waals surface area contributed by atoms with E-state index in [2.05, 4.69) is 60.9 Å². The molecule has 2 rings (SSSR count). The van der Waals surface area contributed by atoms with Gasteiger partial charge < -0.3 is 10.2 Å². The number of rotatable bonds is 5. The summed E-state index contributed by atoms with van der Waals surface area (Å²) in [5, 5.41) is 3.66. The van der Waals surface area contributed by atoms with Crippen molar-refractivity contribution < 1.29 is 0 Å². The third kappa shape index (κ3) is 4.50. The van der Waals surface area contributed by atoms with E-state index in [0.29, 0.717) is 6.04 Å². The Hall–Kier alpha value is -0.970. The molecule has 1 N–H and O–H groups in total. The van der Waals surface area contributed by atoms with Gasteiger partial charge in [-0.05, 0) is 51.9 Å². The van der Waals surface area contributed by atoms with Gasteiger partial charge in [-0.3, -0.25) is 9.88 Å². The Labute approximate surface area is 129 Å². The van der Waals surface area contributed by atoms with Gasteiger partial charge in [-0.1, -0.05) is 0 Å². The van der Waals surface area contributed by atoms with Crippen LogP contribution in [0.15, 0.2) is 6.07 Å². The Balaban J connectivity index is 1.83. The van der Waals surface area contributed by atoms with E-state index in [0.717, 1.165) is 24.5 Å². The molecule has 0 aromatic carbocycles. The van der Waals surface area contributed by atoms with Gasteiger partial charge in [0.15, 0.2) is 0 Å². The molecule has 4 heteroatoms. The summed E-state index contributed by atoms with van der Waals surface area (Å²) in [6.07, 6.45) is 0. The van der Waals surface area contributed by atoms with Gasteiger partial charge in [0, 0.05) is 56.7 Å². The predicted molar refractivity (Wildman–Crippen MR) is 88.8 cm³/mol. The van der Waals surface area contributed by atoms with Crippen molar-refractivity contribution in [3.05, 3.63) is 28.6 Å². The Morgan fingerprint density at radius 3 is 2.48 bits per heavy atom. The Morgan fingerprint density at radius 1 is 1.19 bits per heavy atom. The lowest BCUT2D eigenvalue weighted by atomic mass is 10.0. The lowest BCUT2D eigenvalue weighted by molar-refractivity contribution is 0.154. The van der Waals surface area contributed by atoms with E-state index < -0.39 is 0 Å². The molecular weight excluding hydrogens is 260 g/mol. The molecule has 0 aliphatic carbocycles. The van der Waals surface area contributed by atoms with Crippen LogP contribution >= 0.6 is 0 Å². The zero-order chi connectivity index (χ0) is 15.4. The molecule has 1 aromatic rings. The van der Waals surface area contributed by atoms with Crippen LogP contribution in [0, 0.1) is 20.8 Å². The van der Waals surface area contributed by atoms with E-state index in [-0.39, 0.29) is 0 Å². The quantitative estimate of drug-likeness (QED) is 0.897. The number of hydrogen-bond acceptors (Lipinski definition) is 4. The van der Waals surface area contributed by atoms with Crippen molar-refractivity contribution in [3.63, 3.8) is 0 Å². The second kappa shape index (κ2) is 7.34. The average Bonchev–Trinajstić information content (AvgIpc) is 2.40. The van der Waals surface area contributed by atoms with Gasteiger partial charge in [0.25, 0.3) is 0 Å². The summed E-state index contributed by atoms with van der Waals surface area (Å²) >= 11 is 0. The van der Waals surface area contributed by atoms with Crippen LogP contribution in [0.3, 0.4) is 0 Å². The van der Waals surface area contributed by atoms with Crippen LogP contribution in [0.4, 0.5) is 0 Å². The van der Waals surface area contributed by atoms with E-state index in [1.54, 1.807) is 0 Å². The second-order valence-electron chi connectivity index (χ2n) is 6.40. The SMILES string of the molecule is Cc1cc(C)c(C(C)NCCN2CCN(C)CC2)c(C)n1. The normalized spacial score (nSPS) is 18.9. The van der Waals surface area contributed by atoms with Crippen LogP contribution in [0.1, 0.15) is 35.5 Å². The minimum atomic E-state index is 0.366. The number of pyridine rings is 1. The van der Waals surface area contributed by atoms with Crippen molar-refractivity contribution in [1.29, 1.82) is 0 Å². The maximum Gasteiger partial charge on any atom is 0.0426 e. The van der Waals surface area contributed by atoms with Crippen molar-refractivity contribution in [1.82, 2.24) is 20.1 Å². The maximum atomic E-state index is 4.61. The van der Waals surface area contributed by atoms with E-state index in [4.69, 9.17) is 0 Å². The Kier molecular flexibility index (Phi) is 5.73. The highest BCUT2D eigenvalue weighted by Gasteiger charge is 2.15. The summed E-state index contributed by atoms with van der Waals surface area (Å²) in [5.41, 5.74) is 4.98. The van der Waals surface area contributed by atoms with E-state index in [9.17, 15) is 0 Å². The molecule has 1 aliphatic rings. The molecule has 21 heavy (non-hydrogen) atoms. The smallest absolute Gasteiger partial charge is 0.0426 e. The third-order valence-electron chi connectivity index (χ3n) is 4.49. The van der Waals surface area contributed by atoms with Crippen molar-refractivity contribution >= 4 is 0 Å². The highest BCUT2D eigenvalue weighted by Crippen LogP contribution is 2.20. The molecule has 0 saturated carbocycles. The molecule has 1 aromatic heterocycles. The van der Waals surface area contributed by atoms with Gasteiger partial charge >= 0.3 is 0 Å². The molecule has 0 radical (unpaired) electrons. The minimum Gasteiger partial charge on any atom is -0.309 e. The summed E-state index contributed by atoms with van der Waals surface area (Å²) in [7, 11) is 2.20. The van der Waals surface area contributed by atoms with Crippen LogP contribution in [-0.4, -0.2) is 61.1 Å². The number of likely N-dealkylation sites (N-methyl/N-ethyl adjacent to an activating group) is 1. The topological polar surface area (TPSA) is 31.4 Å². The Bertz CT molecular complexity index is 441. The summed E-state index contributed by atoms with van der Waals surface area (Å²) in [5.74, 6) is 0. The Morgan fingerprint density at radius 2 is 1.86 bits per heavy atom. The molecule has 1 fully saturated rings. The third-order valence-corrected chi connectivity index (χ3v) is 4.49. The fraction of sp³-hybridized carbons (Fsp3) is 0.706. The second-order valence-corrected chi connectivity index (χ2v) is 6.40. The first-order chi connectivity index (χ1) is 9.97. The zero-order valence-corrected chi connectivity index (χ0v) is 14.2. The molecule has 118 valence electrons. The molecule has 4 nitrogen and oxygen atoms in total. The number of piperazine rings is 1. The average molecular weight is 290 g/mol. The van der Waals surface area contributed by atoms with Crippen LogP contribution < -0.4 is 5.32 Å². The van der Waals surface area contributed by atoms with Crippen LogP contribution in [0.5, 0.6) is 0 Å². The van der Waals surface area contributed by atoms with Crippen molar-refractivity contribution in [2.45, 2.75) is 33.7 Å². The number of aryl methyl sites for hydroxylation is 3. The van der Waals surface area contributed by atoms with E-state index in [1.807, 2.05) is 0 Å². The van der Waals surface area contributed by atoms with Crippen LogP contribution in [0.25, 0.3) is 0 Å². The lowest BCUT2D eigenvalue weighted by Gasteiger charge is -2.32. The number of nitrogens with zero attached hydrogens (tertiary/aromatic N) is 3. The highest BCUT2D eigenvalue weighted by molar-refractivity contribution is 5.33. The fourth-order valence-electron chi connectivity index (χ4n) is 3.30. The first-order valence-corrected chi connectivity index (χ1v) is 8.06. The number of hydrogen-bond donors (Lipinski definition) is 1. The predicted octanol–water partition coefficient (Wildman–Crippen LogP) is 1.90. The van der Waals surface area contributed by atoms with E-state index in [1.165, 1.54) is 37.3 Å². The standard InChI is InChI=1S/C17H30N4/c1-13-12-14(2)19-16(4)17(13)15(3)18-6-7-21-10-8-20(5)9-11-21/h12,15,18H,6-11H2,1-5H3. The first-order valence-electron chi connectivity index (χ1n) is 8.06. The number of nitrogens with one attached hydrogen (secondary N) is 1. The maximum absolute atomic E-state index is 4.61. The zero-order valence-electron chi connectivity index (χ0n) is 14.2. The van der Waals surface area contributed by atoms with Crippen molar-refractivity contribution in [2.75, 3.05) is 46.3 Å². The van der Waals surface area contributed by atoms with Gasteiger partial charge in [-0.15, -0.1) is 0 Å². The van der Waals surface area contributed by atoms with Gasteiger partial charge in [0.05, 0.1) is 0 Å². The fourth-order valence-corrected chi connectivity index (χ4v) is 3.30. The molecule has 2 heterocycles. The monoisotopic (exact) mass is 290 g/mol. The lowest BCUT2D eigenvalue weighted by Crippen LogP contribution is -2.46. The van der Waals surface area contributed by atoms with Crippen LogP contribution in [0.2, 0.25) is 0 Å². The summed E-state index contributed by atoms with van der Waals surface area (Å²) in [6, 6.07) is 2.55. The molecule has 1 atom stereocenters. The minimum absolute atomic E-state index is 0.366.